The standard InChI is InChI=1S/C24H24N4O2S/c1-4-21-28-22(16-8-6-5-7-9-16)23(31-21)30-18-11-13-26-20(15-18)27-17-10-12-25-19(14-17)24(2,3)29/h5-15,29H,4H2,1-3H3,(H,25,26,27). The van der Waals surface area contributed by atoms with Crippen molar-refractivity contribution >= 4 is 22.8 Å². The van der Waals surface area contributed by atoms with Crippen molar-refractivity contribution in [3.05, 3.63) is 77.7 Å². The van der Waals surface area contributed by atoms with Gasteiger partial charge in [0.1, 0.15) is 22.9 Å². The summed E-state index contributed by atoms with van der Waals surface area (Å²) < 4.78 is 6.23. The Kier molecular flexibility index (Phi) is 5.97. The number of nitrogens with zero attached hydrogens (tertiary/aromatic N) is 3. The monoisotopic (exact) mass is 432 g/mol. The van der Waals surface area contributed by atoms with Crippen molar-refractivity contribution in [2.45, 2.75) is 32.8 Å². The summed E-state index contributed by atoms with van der Waals surface area (Å²) in [5, 5.41) is 15.2. The van der Waals surface area contributed by atoms with Crippen LogP contribution >= 0.6 is 11.3 Å². The van der Waals surface area contributed by atoms with Crippen LogP contribution in [0.15, 0.2) is 67.0 Å². The Hall–Kier alpha value is -3.29. The van der Waals surface area contributed by atoms with Crippen LogP contribution in [0.25, 0.3) is 11.3 Å². The van der Waals surface area contributed by atoms with E-state index in [1.807, 2.05) is 48.5 Å². The zero-order valence-corrected chi connectivity index (χ0v) is 18.5. The van der Waals surface area contributed by atoms with Gasteiger partial charge in [-0.25, -0.2) is 9.97 Å². The van der Waals surface area contributed by atoms with Gasteiger partial charge in [0.25, 0.3) is 0 Å². The highest BCUT2D eigenvalue weighted by Gasteiger charge is 2.18. The van der Waals surface area contributed by atoms with Gasteiger partial charge in [-0.3, -0.25) is 4.98 Å². The van der Waals surface area contributed by atoms with E-state index in [4.69, 9.17) is 9.72 Å². The molecule has 0 unspecified atom stereocenters. The number of hydrogen-bond donors (Lipinski definition) is 2. The lowest BCUT2D eigenvalue weighted by Gasteiger charge is -2.17. The van der Waals surface area contributed by atoms with Gasteiger partial charge < -0.3 is 15.2 Å². The number of anilines is 2. The molecule has 2 N–H and O–H groups in total. The number of ether oxygens (including phenoxy) is 1. The van der Waals surface area contributed by atoms with Crippen molar-refractivity contribution in [1.29, 1.82) is 0 Å². The van der Waals surface area contributed by atoms with Crippen LogP contribution in [0.4, 0.5) is 11.5 Å². The second kappa shape index (κ2) is 8.83. The lowest BCUT2D eigenvalue weighted by molar-refractivity contribution is 0.0739. The predicted molar refractivity (Wildman–Crippen MR) is 124 cm³/mol. The van der Waals surface area contributed by atoms with Crippen LogP contribution in [0.2, 0.25) is 0 Å². The van der Waals surface area contributed by atoms with E-state index in [1.165, 1.54) is 0 Å². The molecule has 0 bridgehead atoms. The summed E-state index contributed by atoms with van der Waals surface area (Å²) in [7, 11) is 0. The molecule has 0 spiro atoms. The molecule has 0 aliphatic rings. The minimum absolute atomic E-state index is 0.578. The average molecular weight is 433 g/mol. The molecule has 0 radical (unpaired) electrons. The van der Waals surface area contributed by atoms with Crippen molar-refractivity contribution in [3.63, 3.8) is 0 Å². The summed E-state index contributed by atoms with van der Waals surface area (Å²) in [5.41, 5.74) is 2.21. The van der Waals surface area contributed by atoms with Crippen LogP contribution in [-0.2, 0) is 12.0 Å². The molecule has 0 amide bonds. The second-order valence-corrected chi connectivity index (χ2v) is 8.60. The Labute approximate surface area is 185 Å². The number of nitrogens with one attached hydrogen (secondary N) is 1. The van der Waals surface area contributed by atoms with Gasteiger partial charge in [0.15, 0.2) is 0 Å². The normalized spacial score (nSPS) is 11.4. The van der Waals surface area contributed by atoms with Gasteiger partial charge in [-0.1, -0.05) is 48.6 Å². The topological polar surface area (TPSA) is 80.2 Å². The first-order chi connectivity index (χ1) is 14.9. The van der Waals surface area contributed by atoms with Crippen molar-refractivity contribution in [2.75, 3.05) is 5.32 Å². The Morgan fingerprint density at radius 2 is 1.81 bits per heavy atom. The average Bonchev–Trinajstić information content (AvgIpc) is 3.17. The largest absolute Gasteiger partial charge is 0.444 e. The third kappa shape index (κ3) is 5.07. The van der Waals surface area contributed by atoms with E-state index in [0.29, 0.717) is 17.3 Å². The quantitative estimate of drug-likeness (QED) is 0.377. The Morgan fingerprint density at radius 1 is 1.03 bits per heavy atom. The Balaban J connectivity index is 1.58. The van der Waals surface area contributed by atoms with Crippen molar-refractivity contribution in [1.82, 2.24) is 15.0 Å². The molecule has 0 aliphatic heterocycles. The van der Waals surface area contributed by atoms with Gasteiger partial charge >= 0.3 is 0 Å². The van der Waals surface area contributed by atoms with E-state index in [0.717, 1.165) is 33.4 Å². The van der Waals surface area contributed by atoms with E-state index in [9.17, 15) is 5.11 Å². The van der Waals surface area contributed by atoms with Gasteiger partial charge in [-0.2, -0.15) is 0 Å². The van der Waals surface area contributed by atoms with Gasteiger partial charge in [-0.15, -0.1) is 0 Å². The molecule has 0 atom stereocenters. The molecule has 4 aromatic rings. The summed E-state index contributed by atoms with van der Waals surface area (Å²) in [6.07, 6.45) is 4.20. The fourth-order valence-electron chi connectivity index (χ4n) is 2.99. The second-order valence-electron chi connectivity index (χ2n) is 7.56. The number of aliphatic hydroxyl groups is 1. The summed E-state index contributed by atoms with van der Waals surface area (Å²) in [4.78, 5) is 13.4. The third-order valence-corrected chi connectivity index (χ3v) is 5.67. The molecule has 0 fully saturated rings. The van der Waals surface area contributed by atoms with E-state index >= 15 is 0 Å². The zero-order valence-electron chi connectivity index (χ0n) is 17.7. The van der Waals surface area contributed by atoms with E-state index in [-0.39, 0.29) is 0 Å². The number of pyridine rings is 2. The van der Waals surface area contributed by atoms with Crippen LogP contribution < -0.4 is 10.1 Å². The molecular weight excluding hydrogens is 408 g/mol. The molecule has 0 aliphatic carbocycles. The Morgan fingerprint density at radius 3 is 2.55 bits per heavy atom. The predicted octanol–water partition coefficient (Wildman–Crippen LogP) is 5.93. The molecule has 158 valence electrons. The molecule has 6 nitrogen and oxygen atoms in total. The minimum atomic E-state index is -1.02. The Bertz CT molecular complexity index is 1170. The molecule has 0 saturated heterocycles. The minimum Gasteiger partial charge on any atom is -0.444 e. The number of rotatable bonds is 7. The number of aryl methyl sites for hydroxylation is 1. The molecule has 4 rings (SSSR count). The maximum atomic E-state index is 10.2. The molecule has 1 aromatic carbocycles. The molecule has 0 saturated carbocycles. The summed E-state index contributed by atoms with van der Waals surface area (Å²) in [6, 6.07) is 17.3. The van der Waals surface area contributed by atoms with E-state index < -0.39 is 5.60 Å². The molecule has 31 heavy (non-hydrogen) atoms. The summed E-state index contributed by atoms with van der Waals surface area (Å²) in [5.74, 6) is 1.30. The van der Waals surface area contributed by atoms with Crippen LogP contribution in [0, 0.1) is 0 Å². The van der Waals surface area contributed by atoms with Crippen molar-refractivity contribution < 1.29 is 9.84 Å². The maximum Gasteiger partial charge on any atom is 0.208 e. The van der Waals surface area contributed by atoms with Gasteiger partial charge in [-0.05, 0) is 38.5 Å². The molecular formula is C24H24N4O2S. The fraction of sp³-hybridized carbons (Fsp3) is 0.208. The first kappa shape index (κ1) is 21.0. The zero-order chi connectivity index (χ0) is 21.8. The van der Waals surface area contributed by atoms with Crippen LogP contribution in [0.1, 0.15) is 31.5 Å². The highest BCUT2D eigenvalue weighted by atomic mass is 32.1. The van der Waals surface area contributed by atoms with Crippen LogP contribution in [0.3, 0.4) is 0 Å². The maximum absolute atomic E-state index is 10.2. The van der Waals surface area contributed by atoms with Gasteiger partial charge in [0.2, 0.25) is 5.06 Å². The number of thiazole rings is 1. The van der Waals surface area contributed by atoms with E-state index in [2.05, 4.69) is 22.2 Å². The van der Waals surface area contributed by atoms with Crippen molar-refractivity contribution in [3.8, 4) is 22.1 Å². The van der Waals surface area contributed by atoms with Gasteiger partial charge in [0, 0.05) is 29.7 Å². The van der Waals surface area contributed by atoms with E-state index in [1.54, 1.807) is 43.6 Å². The smallest absolute Gasteiger partial charge is 0.208 e. The molecule has 3 heterocycles. The van der Waals surface area contributed by atoms with Gasteiger partial charge in [0.05, 0.1) is 10.7 Å². The highest BCUT2D eigenvalue weighted by molar-refractivity contribution is 7.14. The molecule has 3 aromatic heterocycles. The number of aromatic nitrogens is 3. The summed E-state index contributed by atoms with van der Waals surface area (Å²) in [6.45, 7) is 5.49. The third-order valence-electron chi connectivity index (χ3n) is 4.59. The van der Waals surface area contributed by atoms with Crippen molar-refractivity contribution in [2.24, 2.45) is 0 Å². The number of hydrogen-bond acceptors (Lipinski definition) is 7. The lowest BCUT2D eigenvalue weighted by atomic mass is 10.0. The van der Waals surface area contributed by atoms with Crippen LogP contribution in [-0.4, -0.2) is 20.1 Å². The fourth-order valence-corrected chi connectivity index (χ4v) is 3.88. The SMILES string of the molecule is CCc1nc(-c2ccccc2)c(Oc2ccnc(Nc3ccnc(C(C)(C)O)c3)c2)s1. The molecule has 7 heteroatoms. The first-order valence-corrected chi connectivity index (χ1v) is 10.9. The summed E-state index contributed by atoms with van der Waals surface area (Å²) >= 11 is 1.55. The number of benzene rings is 1. The van der Waals surface area contributed by atoms with Crippen LogP contribution in [0.5, 0.6) is 10.8 Å². The first-order valence-electron chi connectivity index (χ1n) is 10.1. The highest BCUT2D eigenvalue weighted by Crippen LogP contribution is 2.39. The lowest BCUT2D eigenvalue weighted by Crippen LogP contribution is -2.17.